The van der Waals surface area contributed by atoms with Crippen LogP contribution in [0.2, 0.25) is 5.02 Å². The SMILES string of the molecule is O=c1cc(O)c2cc([N+](=O)[O-])c(Cl)cc2[nH]1. The largest absolute Gasteiger partial charge is 0.507 e. The fraction of sp³-hybridized carbons (Fsp3) is 0. The summed E-state index contributed by atoms with van der Waals surface area (Å²) in [7, 11) is 0. The Kier molecular flexibility index (Phi) is 2.28. The molecular formula is C9H5ClN2O4. The highest BCUT2D eigenvalue weighted by Crippen LogP contribution is 2.31. The Balaban J connectivity index is 2.90. The van der Waals surface area contributed by atoms with Gasteiger partial charge in [0.25, 0.3) is 11.2 Å². The molecule has 0 bridgehead atoms. The van der Waals surface area contributed by atoms with Crippen LogP contribution in [0.3, 0.4) is 0 Å². The molecule has 0 saturated carbocycles. The van der Waals surface area contributed by atoms with Gasteiger partial charge in [-0.1, -0.05) is 11.6 Å². The lowest BCUT2D eigenvalue weighted by atomic mass is 10.2. The molecule has 0 radical (unpaired) electrons. The van der Waals surface area contributed by atoms with Crippen molar-refractivity contribution in [3.05, 3.63) is 43.7 Å². The highest BCUT2D eigenvalue weighted by molar-refractivity contribution is 6.33. The molecule has 0 aliphatic heterocycles. The molecule has 1 aromatic heterocycles. The van der Waals surface area contributed by atoms with E-state index in [-0.39, 0.29) is 27.4 Å². The zero-order valence-electron chi connectivity index (χ0n) is 7.73. The van der Waals surface area contributed by atoms with Gasteiger partial charge in [0.15, 0.2) is 0 Å². The van der Waals surface area contributed by atoms with Crippen LogP contribution >= 0.6 is 11.6 Å². The van der Waals surface area contributed by atoms with Crippen molar-refractivity contribution >= 4 is 28.2 Å². The van der Waals surface area contributed by atoms with E-state index in [1.807, 2.05) is 0 Å². The Labute approximate surface area is 93.2 Å². The van der Waals surface area contributed by atoms with Gasteiger partial charge < -0.3 is 10.1 Å². The van der Waals surface area contributed by atoms with Crippen LogP contribution in [0.15, 0.2) is 23.0 Å². The van der Waals surface area contributed by atoms with Crippen LogP contribution in [0.5, 0.6) is 5.75 Å². The van der Waals surface area contributed by atoms with Crippen molar-refractivity contribution in [3.8, 4) is 5.75 Å². The number of H-pyrrole nitrogens is 1. The van der Waals surface area contributed by atoms with Gasteiger partial charge in [-0.05, 0) is 6.07 Å². The third kappa shape index (κ3) is 1.59. The second kappa shape index (κ2) is 3.49. The number of pyridine rings is 1. The number of hydrogen-bond donors (Lipinski definition) is 2. The second-order valence-electron chi connectivity index (χ2n) is 3.13. The molecule has 0 aliphatic carbocycles. The zero-order chi connectivity index (χ0) is 11.9. The lowest BCUT2D eigenvalue weighted by molar-refractivity contribution is -0.384. The molecule has 0 fully saturated rings. The van der Waals surface area contributed by atoms with E-state index in [0.717, 1.165) is 12.1 Å². The summed E-state index contributed by atoms with van der Waals surface area (Å²) in [6.07, 6.45) is 0. The molecule has 0 unspecified atom stereocenters. The Morgan fingerprint density at radius 2 is 2.06 bits per heavy atom. The first-order valence-corrected chi connectivity index (χ1v) is 4.57. The van der Waals surface area contributed by atoms with Gasteiger partial charge in [0.1, 0.15) is 10.8 Å². The van der Waals surface area contributed by atoms with Gasteiger partial charge in [0, 0.05) is 17.5 Å². The Hall–Kier alpha value is -2.08. The molecule has 2 N–H and O–H groups in total. The lowest BCUT2D eigenvalue weighted by Gasteiger charge is -2.01. The zero-order valence-corrected chi connectivity index (χ0v) is 8.49. The Morgan fingerprint density at radius 3 is 2.69 bits per heavy atom. The predicted octanol–water partition coefficient (Wildman–Crippen LogP) is 1.80. The van der Waals surface area contributed by atoms with Crippen LogP contribution in [-0.4, -0.2) is 15.0 Å². The molecule has 0 spiro atoms. The number of aromatic nitrogens is 1. The Bertz CT molecular complexity index is 650. The van der Waals surface area contributed by atoms with Crippen LogP contribution in [-0.2, 0) is 0 Å². The van der Waals surface area contributed by atoms with E-state index in [1.54, 1.807) is 0 Å². The molecule has 2 rings (SSSR count). The van der Waals surface area contributed by atoms with Gasteiger partial charge in [-0.3, -0.25) is 14.9 Å². The van der Waals surface area contributed by atoms with Gasteiger partial charge in [0.05, 0.1) is 10.4 Å². The average molecular weight is 241 g/mol. The van der Waals surface area contributed by atoms with Crippen molar-refractivity contribution in [2.45, 2.75) is 0 Å². The number of halogens is 1. The van der Waals surface area contributed by atoms with E-state index >= 15 is 0 Å². The van der Waals surface area contributed by atoms with E-state index in [0.29, 0.717) is 0 Å². The van der Waals surface area contributed by atoms with Crippen molar-refractivity contribution in [3.63, 3.8) is 0 Å². The molecule has 7 heteroatoms. The molecule has 1 aromatic carbocycles. The van der Waals surface area contributed by atoms with E-state index in [4.69, 9.17) is 11.6 Å². The second-order valence-corrected chi connectivity index (χ2v) is 3.53. The summed E-state index contributed by atoms with van der Waals surface area (Å²) >= 11 is 5.66. The summed E-state index contributed by atoms with van der Waals surface area (Å²) in [4.78, 5) is 23.4. The number of nitro groups is 1. The van der Waals surface area contributed by atoms with Gasteiger partial charge in [0.2, 0.25) is 0 Å². The predicted molar refractivity (Wildman–Crippen MR) is 57.9 cm³/mol. The van der Waals surface area contributed by atoms with Crippen molar-refractivity contribution < 1.29 is 10.0 Å². The maximum atomic E-state index is 11.0. The standard InChI is InChI=1S/C9H5ClN2O4/c10-5-2-6-4(1-7(5)12(15)16)8(13)3-9(14)11-6/h1-3H,(H2,11,13,14). The molecule has 0 saturated heterocycles. The van der Waals surface area contributed by atoms with E-state index in [2.05, 4.69) is 4.98 Å². The fourth-order valence-corrected chi connectivity index (χ4v) is 1.62. The minimum Gasteiger partial charge on any atom is -0.507 e. The third-order valence-electron chi connectivity index (χ3n) is 2.09. The number of aromatic hydroxyl groups is 1. The molecule has 2 aromatic rings. The van der Waals surface area contributed by atoms with Crippen LogP contribution < -0.4 is 5.56 Å². The molecule has 82 valence electrons. The number of nitrogens with zero attached hydrogens (tertiary/aromatic N) is 1. The van der Waals surface area contributed by atoms with E-state index in [9.17, 15) is 20.0 Å². The summed E-state index contributed by atoms with van der Waals surface area (Å²) in [5, 5.41) is 20.2. The summed E-state index contributed by atoms with van der Waals surface area (Å²) in [6.45, 7) is 0. The Morgan fingerprint density at radius 1 is 1.38 bits per heavy atom. The first kappa shape index (κ1) is 10.4. The van der Waals surface area contributed by atoms with Crippen molar-refractivity contribution in [2.24, 2.45) is 0 Å². The van der Waals surface area contributed by atoms with E-state index < -0.39 is 10.5 Å². The van der Waals surface area contributed by atoms with E-state index in [1.165, 1.54) is 6.07 Å². The molecular weight excluding hydrogens is 236 g/mol. The summed E-state index contributed by atoms with van der Waals surface area (Å²) in [6, 6.07) is 3.29. The molecule has 0 aliphatic rings. The monoisotopic (exact) mass is 240 g/mol. The summed E-state index contributed by atoms with van der Waals surface area (Å²) in [5.41, 5.74) is -0.577. The smallest absolute Gasteiger partial charge is 0.288 e. The number of aromatic amines is 1. The molecule has 16 heavy (non-hydrogen) atoms. The van der Waals surface area contributed by atoms with Crippen molar-refractivity contribution in [1.82, 2.24) is 4.98 Å². The maximum absolute atomic E-state index is 11.0. The molecule has 0 amide bonds. The average Bonchev–Trinajstić information content (AvgIpc) is 2.15. The summed E-state index contributed by atoms with van der Waals surface area (Å²) < 4.78 is 0. The molecule has 6 nitrogen and oxygen atoms in total. The topological polar surface area (TPSA) is 96.2 Å². The number of hydrogen-bond acceptors (Lipinski definition) is 4. The van der Waals surface area contributed by atoms with Crippen molar-refractivity contribution in [2.75, 3.05) is 0 Å². The lowest BCUT2D eigenvalue weighted by Crippen LogP contribution is -2.03. The first-order valence-electron chi connectivity index (χ1n) is 4.19. The summed E-state index contributed by atoms with van der Waals surface area (Å²) in [5.74, 6) is -0.321. The number of rotatable bonds is 1. The number of fused-ring (bicyclic) bond motifs is 1. The van der Waals surface area contributed by atoms with Gasteiger partial charge >= 0.3 is 0 Å². The normalized spacial score (nSPS) is 10.6. The number of benzene rings is 1. The molecule has 1 heterocycles. The highest BCUT2D eigenvalue weighted by Gasteiger charge is 2.15. The minimum absolute atomic E-state index is 0.0984. The van der Waals surface area contributed by atoms with Gasteiger partial charge in [-0.25, -0.2) is 0 Å². The van der Waals surface area contributed by atoms with Gasteiger partial charge in [-0.15, -0.1) is 0 Å². The van der Waals surface area contributed by atoms with Crippen molar-refractivity contribution in [1.29, 1.82) is 0 Å². The highest BCUT2D eigenvalue weighted by atomic mass is 35.5. The number of nitrogens with one attached hydrogen (secondary N) is 1. The quantitative estimate of drug-likeness (QED) is 0.587. The number of nitro benzene ring substituents is 1. The first-order chi connectivity index (χ1) is 7.49. The van der Waals surface area contributed by atoms with Crippen LogP contribution in [0, 0.1) is 10.1 Å². The third-order valence-corrected chi connectivity index (χ3v) is 2.39. The maximum Gasteiger partial charge on any atom is 0.288 e. The van der Waals surface area contributed by atoms with Gasteiger partial charge in [-0.2, -0.15) is 0 Å². The fourth-order valence-electron chi connectivity index (χ4n) is 1.39. The van der Waals surface area contributed by atoms with Crippen LogP contribution in [0.4, 0.5) is 5.69 Å². The van der Waals surface area contributed by atoms with Crippen LogP contribution in [0.1, 0.15) is 0 Å². The molecule has 0 atom stereocenters. The minimum atomic E-state index is -0.660. The van der Waals surface area contributed by atoms with Crippen LogP contribution in [0.25, 0.3) is 10.9 Å².